The molecule has 0 fully saturated rings. The predicted octanol–water partition coefficient (Wildman–Crippen LogP) is 3.24. The van der Waals surface area contributed by atoms with Crippen LogP contribution in [0, 0.1) is 0 Å². The van der Waals surface area contributed by atoms with E-state index >= 15 is 0 Å². The highest BCUT2D eigenvalue weighted by Gasteiger charge is 2.24. The molecule has 6 heteroatoms. The standard InChI is InChI=1S/C12H13BrClNO3/c1-12(2,13)11(17)15-9-6-7(10(16)18-3)4-5-8(9)14/h4-6H,1-3H3,(H,15,17). The van der Waals surface area contributed by atoms with Crippen LogP contribution in [0.25, 0.3) is 0 Å². The van der Waals surface area contributed by atoms with Crippen LogP contribution in [0.1, 0.15) is 24.2 Å². The van der Waals surface area contributed by atoms with Crippen molar-refractivity contribution in [3.63, 3.8) is 0 Å². The predicted molar refractivity (Wildman–Crippen MR) is 74.4 cm³/mol. The number of hydrogen-bond donors (Lipinski definition) is 1. The van der Waals surface area contributed by atoms with Gasteiger partial charge in [0.1, 0.15) is 0 Å². The number of hydrogen-bond acceptors (Lipinski definition) is 3. The van der Waals surface area contributed by atoms with Crippen molar-refractivity contribution in [1.82, 2.24) is 0 Å². The summed E-state index contributed by atoms with van der Waals surface area (Å²) in [6.07, 6.45) is 0. The van der Waals surface area contributed by atoms with Crippen LogP contribution in [0.3, 0.4) is 0 Å². The fourth-order valence-corrected chi connectivity index (χ4v) is 1.40. The number of methoxy groups -OCH3 is 1. The molecule has 98 valence electrons. The summed E-state index contributed by atoms with van der Waals surface area (Å²) >= 11 is 9.20. The molecule has 0 unspecified atom stereocenters. The second kappa shape index (κ2) is 5.71. The largest absolute Gasteiger partial charge is 0.465 e. The molecule has 18 heavy (non-hydrogen) atoms. The second-order valence-corrected chi connectivity index (χ2v) is 6.50. The number of carbonyl (C=O) groups excluding carboxylic acids is 2. The number of alkyl halides is 1. The molecule has 0 saturated heterocycles. The summed E-state index contributed by atoms with van der Waals surface area (Å²) in [7, 11) is 1.29. The van der Waals surface area contributed by atoms with Crippen LogP contribution in [0.4, 0.5) is 5.69 Å². The number of rotatable bonds is 3. The van der Waals surface area contributed by atoms with Crippen LogP contribution in [0.5, 0.6) is 0 Å². The Morgan fingerprint density at radius 1 is 1.39 bits per heavy atom. The van der Waals surface area contributed by atoms with E-state index < -0.39 is 10.3 Å². The molecule has 1 aromatic rings. The monoisotopic (exact) mass is 333 g/mol. The quantitative estimate of drug-likeness (QED) is 0.682. The Bertz CT molecular complexity index is 483. The maximum atomic E-state index is 11.8. The molecule has 0 saturated carbocycles. The summed E-state index contributed by atoms with van der Waals surface area (Å²) in [6.45, 7) is 3.42. The van der Waals surface area contributed by atoms with Crippen LogP contribution in [-0.4, -0.2) is 23.3 Å². The number of anilines is 1. The van der Waals surface area contributed by atoms with Crippen LogP contribution >= 0.6 is 27.5 Å². The van der Waals surface area contributed by atoms with E-state index in [0.717, 1.165) is 0 Å². The first-order valence-electron chi connectivity index (χ1n) is 5.14. The molecule has 4 nitrogen and oxygen atoms in total. The van der Waals surface area contributed by atoms with Crippen molar-refractivity contribution in [2.24, 2.45) is 0 Å². The van der Waals surface area contributed by atoms with Gasteiger partial charge in [-0.05, 0) is 32.0 Å². The molecule has 0 aliphatic heterocycles. The molecule has 0 spiro atoms. The lowest BCUT2D eigenvalue weighted by atomic mass is 10.1. The average molecular weight is 335 g/mol. The highest BCUT2D eigenvalue weighted by Crippen LogP contribution is 2.26. The maximum Gasteiger partial charge on any atom is 0.337 e. The normalized spacial score (nSPS) is 10.9. The van der Waals surface area contributed by atoms with Crippen molar-refractivity contribution in [3.05, 3.63) is 28.8 Å². The van der Waals surface area contributed by atoms with Gasteiger partial charge in [-0.1, -0.05) is 27.5 Å². The van der Waals surface area contributed by atoms with E-state index in [4.69, 9.17) is 11.6 Å². The van der Waals surface area contributed by atoms with Gasteiger partial charge >= 0.3 is 5.97 Å². The fraction of sp³-hybridized carbons (Fsp3) is 0.333. The minimum Gasteiger partial charge on any atom is -0.465 e. The van der Waals surface area contributed by atoms with Crippen molar-refractivity contribution in [2.45, 2.75) is 18.2 Å². The third-order valence-corrected chi connectivity index (χ3v) is 2.87. The minimum atomic E-state index is -0.725. The van der Waals surface area contributed by atoms with Gasteiger partial charge in [0.15, 0.2) is 0 Å². The average Bonchev–Trinajstić information content (AvgIpc) is 2.29. The summed E-state index contributed by atoms with van der Waals surface area (Å²) < 4.78 is 3.87. The molecule has 0 aliphatic rings. The lowest BCUT2D eigenvalue weighted by molar-refractivity contribution is -0.117. The second-order valence-electron chi connectivity index (χ2n) is 4.11. The molecular weight excluding hydrogens is 321 g/mol. The van der Waals surface area contributed by atoms with Gasteiger partial charge in [0.2, 0.25) is 5.91 Å². The topological polar surface area (TPSA) is 55.4 Å². The zero-order valence-electron chi connectivity index (χ0n) is 10.2. The van der Waals surface area contributed by atoms with Crippen molar-refractivity contribution < 1.29 is 14.3 Å². The molecule has 0 heterocycles. The number of benzene rings is 1. The Labute approximate surface area is 119 Å². The number of esters is 1. The van der Waals surface area contributed by atoms with Gasteiger partial charge in [-0.2, -0.15) is 0 Å². The maximum absolute atomic E-state index is 11.8. The van der Waals surface area contributed by atoms with E-state index in [1.54, 1.807) is 13.8 Å². The molecule has 1 aromatic carbocycles. The number of ether oxygens (including phenoxy) is 1. The summed E-state index contributed by atoms with van der Waals surface area (Å²) in [4.78, 5) is 23.2. The Hall–Kier alpha value is -1.07. The van der Waals surface area contributed by atoms with Gasteiger partial charge in [0.25, 0.3) is 0 Å². The summed E-state index contributed by atoms with van der Waals surface area (Å²) in [5.41, 5.74) is 0.696. The van der Waals surface area contributed by atoms with Gasteiger partial charge in [0, 0.05) is 0 Å². The molecule has 0 radical (unpaired) electrons. The van der Waals surface area contributed by atoms with Gasteiger partial charge in [-0.25, -0.2) is 4.79 Å². The number of amides is 1. The summed E-state index contributed by atoms with van der Waals surface area (Å²) in [5.74, 6) is -0.744. The van der Waals surface area contributed by atoms with E-state index in [0.29, 0.717) is 16.3 Å². The summed E-state index contributed by atoms with van der Waals surface area (Å²) in [6, 6.07) is 4.54. The Morgan fingerprint density at radius 2 is 2.00 bits per heavy atom. The Morgan fingerprint density at radius 3 is 2.50 bits per heavy atom. The zero-order valence-corrected chi connectivity index (χ0v) is 12.6. The zero-order chi connectivity index (χ0) is 13.9. The molecular formula is C12H13BrClNO3. The molecule has 0 aromatic heterocycles. The Kier molecular flexibility index (Phi) is 4.76. The highest BCUT2D eigenvalue weighted by molar-refractivity contribution is 9.10. The minimum absolute atomic E-state index is 0.258. The SMILES string of the molecule is COC(=O)c1ccc(Cl)c(NC(=O)C(C)(C)Br)c1. The van der Waals surface area contributed by atoms with E-state index in [-0.39, 0.29) is 5.91 Å². The van der Waals surface area contributed by atoms with Crippen molar-refractivity contribution in [1.29, 1.82) is 0 Å². The van der Waals surface area contributed by atoms with Crippen LogP contribution in [-0.2, 0) is 9.53 Å². The fourth-order valence-electron chi connectivity index (χ4n) is 1.14. The first-order valence-corrected chi connectivity index (χ1v) is 6.31. The van der Waals surface area contributed by atoms with Gasteiger partial charge in [-0.3, -0.25) is 4.79 Å². The third-order valence-electron chi connectivity index (χ3n) is 2.18. The molecule has 0 aliphatic carbocycles. The van der Waals surface area contributed by atoms with Gasteiger partial charge in [-0.15, -0.1) is 0 Å². The van der Waals surface area contributed by atoms with E-state index in [2.05, 4.69) is 26.0 Å². The molecule has 0 bridgehead atoms. The summed E-state index contributed by atoms with van der Waals surface area (Å²) in [5, 5.41) is 3.00. The smallest absolute Gasteiger partial charge is 0.337 e. The van der Waals surface area contributed by atoms with Gasteiger partial charge in [0.05, 0.1) is 27.7 Å². The molecule has 1 rings (SSSR count). The molecule has 1 N–H and O–H groups in total. The Balaban J connectivity index is 3.02. The van der Waals surface area contributed by atoms with Crippen LogP contribution in [0.15, 0.2) is 18.2 Å². The first-order chi connectivity index (χ1) is 8.25. The van der Waals surface area contributed by atoms with E-state index in [1.807, 2.05) is 0 Å². The third kappa shape index (κ3) is 3.71. The lowest BCUT2D eigenvalue weighted by Crippen LogP contribution is -2.31. The number of carbonyl (C=O) groups is 2. The van der Waals surface area contributed by atoms with Gasteiger partial charge < -0.3 is 10.1 Å². The highest BCUT2D eigenvalue weighted by atomic mass is 79.9. The molecule has 1 amide bonds. The number of halogens is 2. The van der Waals surface area contributed by atoms with E-state index in [9.17, 15) is 9.59 Å². The lowest BCUT2D eigenvalue weighted by Gasteiger charge is -2.16. The van der Waals surface area contributed by atoms with Crippen molar-refractivity contribution >= 4 is 45.1 Å². The van der Waals surface area contributed by atoms with Crippen LogP contribution < -0.4 is 5.32 Å². The first kappa shape index (κ1) is 15.0. The van der Waals surface area contributed by atoms with Crippen LogP contribution in [0.2, 0.25) is 5.02 Å². The van der Waals surface area contributed by atoms with Crippen molar-refractivity contribution in [2.75, 3.05) is 12.4 Å². The van der Waals surface area contributed by atoms with Crippen molar-refractivity contribution in [3.8, 4) is 0 Å². The van der Waals surface area contributed by atoms with E-state index in [1.165, 1.54) is 25.3 Å². The number of nitrogens with one attached hydrogen (secondary N) is 1. The molecule has 0 atom stereocenters.